The van der Waals surface area contributed by atoms with Gasteiger partial charge in [-0.3, -0.25) is 4.79 Å². The summed E-state index contributed by atoms with van der Waals surface area (Å²) >= 11 is 0. The van der Waals surface area contributed by atoms with Gasteiger partial charge in [0, 0.05) is 12.1 Å². The van der Waals surface area contributed by atoms with E-state index in [-0.39, 0.29) is 28.8 Å². The molecule has 9 atom stereocenters. The molecule has 39 heavy (non-hydrogen) atoms. The van der Waals surface area contributed by atoms with Crippen molar-refractivity contribution in [1.82, 2.24) is 0 Å². The second-order valence-corrected chi connectivity index (χ2v) is 13.8. The molecule has 4 fully saturated rings. The summed E-state index contributed by atoms with van der Waals surface area (Å²) in [6.07, 6.45) is 11.7. The zero-order valence-electron chi connectivity index (χ0n) is 23.6. The topological polar surface area (TPSA) is 124 Å². The van der Waals surface area contributed by atoms with Crippen molar-refractivity contribution in [3.05, 3.63) is 29.3 Å². The first kappa shape index (κ1) is 28.1. The van der Waals surface area contributed by atoms with Crippen molar-refractivity contribution in [1.29, 1.82) is 0 Å². The fraction of sp³-hybridized carbons (Fsp3) is 0.719. The van der Waals surface area contributed by atoms with Crippen LogP contribution >= 0.6 is 0 Å². The van der Waals surface area contributed by atoms with Gasteiger partial charge in [0.1, 0.15) is 0 Å². The van der Waals surface area contributed by atoms with E-state index in [0.29, 0.717) is 35.0 Å². The number of nitrogens with one attached hydrogen (secondary N) is 1. The monoisotopic (exact) mass is 539 g/mol. The summed E-state index contributed by atoms with van der Waals surface area (Å²) in [6, 6.07) is 3.71. The zero-order valence-corrected chi connectivity index (χ0v) is 23.6. The lowest BCUT2D eigenvalue weighted by molar-refractivity contribution is -0.129. The Hall–Kier alpha value is -2.41. The molecule has 4 N–H and O–H groups in total. The molecule has 0 bridgehead atoms. The number of amides is 1. The van der Waals surface area contributed by atoms with E-state index in [1.54, 1.807) is 0 Å². The van der Waals surface area contributed by atoms with Crippen LogP contribution in [0.15, 0.2) is 18.2 Å². The van der Waals surface area contributed by atoms with Crippen molar-refractivity contribution in [2.75, 3.05) is 5.32 Å². The van der Waals surface area contributed by atoms with Crippen LogP contribution in [0, 0.1) is 46.3 Å². The van der Waals surface area contributed by atoms with Crippen molar-refractivity contribution in [2.24, 2.45) is 46.3 Å². The summed E-state index contributed by atoms with van der Waals surface area (Å²) < 4.78 is 0. The van der Waals surface area contributed by atoms with Gasteiger partial charge < -0.3 is 20.6 Å². The molecule has 4 saturated carbocycles. The average molecular weight is 540 g/mol. The lowest BCUT2D eigenvalue weighted by atomic mass is 9.44. The summed E-state index contributed by atoms with van der Waals surface area (Å²) in [5.74, 6) is 1.29. The van der Waals surface area contributed by atoms with Crippen LogP contribution in [-0.2, 0) is 4.79 Å². The van der Waals surface area contributed by atoms with Crippen molar-refractivity contribution in [3.63, 3.8) is 0 Å². The molecule has 0 radical (unpaired) electrons. The SMILES string of the molecule is C[C@H](CCC(=O)Nc1cc(C(=O)O)cc(C(=O)O)c1)[C@H]1CC[C@H]2[C@@H]3CC[C@@H]4C[C@H](O)CC[C@]4(C)[C@H]3CC[C@]12C. The smallest absolute Gasteiger partial charge is 0.335 e. The lowest BCUT2D eigenvalue weighted by Gasteiger charge is -2.61. The fourth-order valence-electron chi connectivity index (χ4n) is 9.94. The Labute approximate surface area is 231 Å². The number of hydrogen-bond acceptors (Lipinski definition) is 4. The third-order valence-electron chi connectivity index (χ3n) is 11.9. The summed E-state index contributed by atoms with van der Waals surface area (Å²) in [5, 5.41) is 31.7. The Morgan fingerprint density at radius 1 is 0.897 bits per heavy atom. The predicted octanol–water partition coefficient (Wildman–Crippen LogP) is 6.46. The molecule has 0 spiro atoms. The van der Waals surface area contributed by atoms with Crippen LogP contribution in [0.5, 0.6) is 0 Å². The standard InChI is InChI=1S/C32H45NO6/c1-18(4-9-28(35)33-22-15-19(29(36)37)14-20(16-22)30(38)39)25-7-8-26-24-6-5-21-17-23(34)10-12-31(21,2)27(24)11-13-32(25,26)3/h14-16,18,21,23-27,34H,4-13,17H2,1-3H3,(H,33,35)(H,36,37)(H,38,39)/t18-,21-,23-,24+,25-,26+,27+,31+,32-/m1/s1. The molecule has 4 aliphatic carbocycles. The second kappa shape index (κ2) is 10.5. The van der Waals surface area contributed by atoms with Gasteiger partial charge in [-0.05, 0) is 129 Å². The van der Waals surface area contributed by atoms with E-state index < -0.39 is 11.9 Å². The minimum absolute atomic E-state index is 0.109. The van der Waals surface area contributed by atoms with Gasteiger partial charge in [0.25, 0.3) is 0 Å². The average Bonchev–Trinajstić information content (AvgIpc) is 3.24. The van der Waals surface area contributed by atoms with E-state index in [1.165, 1.54) is 57.1 Å². The fourth-order valence-corrected chi connectivity index (χ4v) is 9.94. The molecule has 1 aromatic carbocycles. The largest absolute Gasteiger partial charge is 0.478 e. The first-order valence-electron chi connectivity index (χ1n) is 15.0. The first-order chi connectivity index (χ1) is 18.4. The van der Waals surface area contributed by atoms with Crippen molar-refractivity contribution in [3.8, 4) is 0 Å². The van der Waals surface area contributed by atoms with Gasteiger partial charge in [-0.1, -0.05) is 20.8 Å². The Kier molecular flexibility index (Phi) is 7.60. The summed E-state index contributed by atoms with van der Waals surface area (Å²) in [6.45, 7) is 7.33. The number of aliphatic hydroxyl groups is 1. The Balaban J connectivity index is 1.21. The normalized spacial score (nSPS) is 38.2. The number of carboxylic acids is 2. The summed E-state index contributed by atoms with van der Waals surface area (Å²) in [5.41, 5.74) is 0.568. The van der Waals surface area contributed by atoms with E-state index in [2.05, 4.69) is 26.1 Å². The number of carbonyl (C=O) groups excluding carboxylic acids is 1. The van der Waals surface area contributed by atoms with Crippen LogP contribution in [0.1, 0.15) is 112 Å². The Morgan fingerprint density at radius 2 is 1.54 bits per heavy atom. The number of benzene rings is 1. The van der Waals surface area contributed by atoms with E-state index >= 15 is 0 Å². The van der Waals surface area contributed by atoms with Crippen LogP contribution in [0.2, 0.25) is 0 Å². The highest BCUT2D eigenvalue weighted by Crippen LogP contribution is 2.68. The Bertz CT molecular complexity index is 1100. The van der Waals surface area contributed by atoms with Crippen molar-refractivity contribution >= 4 is 23.5 Å². The molecular formula is C32H45NO6. The lowest BCUT2D eigenvalue weighted by Crippen LogP contribution is -2.54. The number of carbonyl (C=O) groups is 3. The van der Waals surface area contributed by atoms with Gasteiger partial charge in [0.15, 0.2) is 0 Å². The second-order valence-electron chi connectivity index (χ2n) is 13.8. The molecule has 214 valence electrons. The highest BCUT2D eigenvalue weighted by molar-refractivity contribution is 5.98. The van der Waals surface area contributed by atoms with Gasteiger partial charge >= 0.3 is 11.9 Å². The highest BCUT2D eigenvalue weighted by atomic mass is 16.4. The zero-order chi connectivity index (χ0) is 28.1. The molecule has 0 heterocycles. The molecule has 7 nitrogen and oxygen atoms in total. The predicted molar refractivity (Wildman–Crippen MR) is 149 cm³/mol. The van der Waals surface area contributed by atoms with Crippen LogP contribution < -0.4 is 5.32 Å². The van der Waals surface area contributed by atoms with Gasteiger partial charge in [0.05, 0.1) is 17.2 Å². The molecular weight excluding hydrogens is 494 g/mol. The number of aromatic carboxylic acids is 2. The maximum atomic E-state index is 12.8. The van der Waals surface area contributed by atoms with Crippen molar-refractivity contribution < 1.29 is 29.7 Å². The quantitative estimate of drug-likeness (QED) is 0.315. The van der Waals surface area contributed by atoms with Crippen LogP contribution in [0.3, 0.4) is 0 Å². The van der Waals surface area contributed by atoms with Gasteiger partial charge in [-0.2, -0.15) is 0 Å². The number of aliphatic hydroxyl groups excluding tert-OH is 1. The molecule has 1 amide bonds. The number of fused-ring (bicyclic) bond motifs is 5. The minimum Gasteiger partial charge on any atom is -0.478 e. The molecule has 0 aromatic heterocycles. The first-order valence-corrected chi connectivity index (χ1v) is 15.0. The van der Waals surface area contributed by atoms with E-state index in [9.17, 15) is 29.7 Å². The third-order valence-corrected chi connectivity index (χ3v) is 11.9. The summed E-state index contributed by atoms with van der Waals surface area (Å²) in [4.78, 5) is 35.6. The van der Waals surface area contributed by atoms with E-state index in [1.807, 2.05) is 0 Å². The number of carboxylic acid groups (broad SMARTS) is 2. The molecule has 7 heteroatoms. The molecule has 0 saturated heterocycles. The Morgan fingerprint density at radius 3 is 2.21 bits per heavy atom. The molecule has 0 aliphatic heterocycles. The highest BCUT2D eigenvalue weighted by Gasteiger charge is 2.60. The summed E-state index contributed by atoms with van der Waals surface area (Å²) in [7, 11) is 0. The maximum absolute atomic E-state index is 12.8. The number of hydrogen-bond donors (Lipinski definition) is 4. The number of anilines is 1. The molecule has 1 aromatic rings. The van der Waals surface area contributed by atoms with Crippen LogP contribution in [-0.4, -0.2) is 39.3 Å². The number of rotatable bonds is 7. The van der Waals surface area contributed by atoms with Crippen LogP contribution in [0.4, 0.5) is 5.69 Å². The van der Waals surface area contributed by atoms with Gasteiger partial charge in [-0.25, -0.2) is 9.59 Å². The van der Waals surface area contributed by atoms with E-state index in [0.717, 1.165) is 43.1 Å². The maximum Gasteiger partial charge on any atom is 0.335 e. The third kappa shape index (κ3) is 5.12. The van der Waals surface area contributed by atoms with Crippen molar-refractivity contribution in [2.45, 2.75) is 97.5 Å². The minimum atomic E-state index is -1.23. The van der Waals surface area contributed by atoms with Gasteiger partial charge in [0.2, 0.25) is 5.91 Å². The molecule has 4 aliphatic rings. The molecule has 0 unspecified atom stereocenters. The van der Waals surface area contributed by atoms with E-state index in [4.69, 9.17) is 0 Å². The van der Waals surface area contributed by atoms with Gasteiger partial charge in [-0.15, -0.1) is 0 Å². The van der Waals surface area contributed by atoms with Crippen LogP contribution in [0.25, 0.3) is 0 Å². The molecule has 5 rings (SSSR count).